The maximum absolute atomic E-state index is 12.1. The number of thiophene rings is 1. The summed E-state index contributed by atoms with van der Waals surface area (Å²) in [5.74, 6) is 0.215. The molecule has 0 radical (unpaired) electrons. The number of nitrogens with zero attached hydrogens (tertiary/aromatic N) is 2. The zero-order valence-corrected chi connectivity index (χ0v) is 12.1. The average Bonchev–Trinajstić information content (AvgIpc) is 2.71. The van der Waals surface area contributed by atoms with Crippen LogP contribution in [0, 0.1) is 5.41 Å². The number of aryl methyl sites for hydroxylation is 1. The van der Waals surface area contributed by atoms with Gasteiger partial charge in [-0.25, -0.2) is 9.97 Å². The molecule has 0 atom stereocenters. The summed E-state index contributed by atoms with van der Waals surface area (Å²) in [4.78, 5) is 22.9. The van der Waals surface area contributed by atoms with E-state index in [1.807, 2.05) is 20.8 Å². The third-order valence-electron chi connectivity index (χ3n) is 2.98. The highest BCUT2D eigenvalue weighted by molar-refractivity contribution is 7.18. The summed E-state index contributed by atoms with van der Waals surface area (Å²) in [5, 5.41) is 1.04. The van der Waals surface area contributed by atoms with E-state index in [2.05, 4.69) is 23.0 Å². The minimum Gasteiger partial charge on any atom is -0.299 e. The first kappa shape index (κ1) is 13.1. The second-order valence-electron chi connectivity index (χ2n) is 5.46. The lowest BCUT2D eigenvalue weighted by molar-refractivity contribution is -0.125. The summed E-state index contributed by atoms with van der Waals surface area (Å²) >= 11 is 1.68. The lowest BCUT2D eigenvalue weighted by Gasteiger charge is -2.16. The fourth-order valence-electron chi connectivity index (χ4n) is 1.69. The maximum atomic E-state index is 12.1. The molecule has 0 aliphatic heterocycles. The Morgan fingerprint density at radius 1 is 1.33 bits per heavy atom. The molecule has 0 N–H and O–H groups in total. The minimum absolute atomic E-state index is 0.215. The highest BCUT2D eigenvalue weighted by Gasteiger charge is 2.22. The minimum atomic E-state index is -0.319. The Kier molecular flexibility index (Phi) is 3.48. The summed E-state index contributed by atoms with van der Waals surface area (Å²) in [7, 11) is 0. The smallest absolute Gasteiger partial charge is 0.144 e. The molecule has 0 amide bonds. The highest BCUT2D eigenvalue weighted by Crippen LogP contribution is 2.27. The van der Waals surface area contributed by atoms with Crippen molar-refractivity contribution in [3.63, 3.8) is 0 Å². The summed E-state index contributed by atoms with van der Waals surface area (Å²) in [6.45, 7) is 7.95. The van der Waals surface area contributed by atoms with Crippen LogP contribution in [-0.4, -0.2) is 15.8 Å². The zero-order chi connectivity index (χ0) is 13.3. The maximum Gasteiger partial charge on any atom is 0.144 e. The number of fused-ring (bicyclic) bond motifs is 1. The van der Waals surface area contributed by atoms with E-state index in [1.54, 1.807) is 17.7 Å². The van der Waals surface area contributed by atoms with Gasteiger partial charge in [0.15, 0.2) is 0 Å². The third-order valence-corrected chi connectivity index (χ3v) is 4.16. The largest absolute Gasteiger partial charge is 0.299 e. The lowest BCUT2D eigenvalue weighted by atomic mass is 9.88. The lowest BCUT2D eigenvalue weighted by Crippen LogP contribution is -2.22. The summed E-state index contributed by atoms with van der Waals surface area (Å²) in [5.41, 5.74) is 0.539. The predicted octanol–water partition coefficient (Wildman–Crippen LogP) is 3.41. The molecule has 0 saturated heterocycles. The van der Waals surface area contributed by atoms with Gasteiger partial charge in [-0.3, -0.25) is 4.79 Å². The van der Waals surface area contributed by atoms with Crippen LogP contribution in [0.1, 0.15) is 38.3 Å². The molecule has 4 heteroatoms. The Morgan fingerprint density at radius 3 is 2.67 bits per heavy atom. The first-order valence-corrected chi connectivity index (χ1v) is 6.99. The van der Waals surface area contributed by atoms with E-state index in [4.69, 9.17) is 0 Å². The van der Waals surface area contributed by atoms with Crippen LogP contribution in [0.15, 0.2) is 12.4 Å². The van der Waals surface area contributed by atoms with Crippen molar-refractivity contribution in [2.45, 2.75) is 40.5 Å². The summed E-state index contributed by atoms with van der Waals surface area (Å²) < 4.78 is 0. The molecule has 0 spiro atoms. The standard InChI is InChI=1S/C14H18N2OS/c1-5-9-6-10-11(7-12(17)14(2,3)4)15-8-16-13(10)18-9/h6,8H,5,7H2,1-4H3. The Labute approximate surface area is 111 Å². The van der Waals surface area contributed by atoms with Gasteiger partial charge in [-0.1, -0.05) is 27.7 Å². The van der Waals surface area contributed by atoms with Crippen LogP contribution in [0.25, 0.3) is 10.2 Å². The number of aromatic nitrogens is 2. The summed E-state index contributed by atoms with van der Waals surface area (Å²) in [6, 6.07) is 2.12. The first-order valence-electron chi connectivity index (χ1n) is 6.17. The number of carbonyl (C=O) groups is 1. The molecule has 96 valence electrons. The van der Waals surface area contributed by atoms with Gasteiger partial charge in [0, 0.05) is 15.7 Å². The third kappa shape index (κ3) is 2.58. The Bertz CT molecular complexity index is 581. The van der Waals surface area contributed by atoms with E-state index in [1.165, 1.54) is 4.88 Å². The van der Waals surface area contributed by atoms with Crippen LogP contribution in [-0.2, 0) is 17.6 Å². The van der Waals surface area contributed by atoms with Gasteiger partial charge >= 0.3 is 0 Å². The molecular formula is C14H18N2OS. The first-order chi connectivity index (χ1) is 8.41. The zero-order valence-electron chi connectivity index (χ0n) is 11.3. The van der Waals surface area contributed by atoms with Crippen molar-refractivity contribution in [3.05, 3.63) is 23.0 Å². The topological polar surface area (TPSA) is 42.9 Å². The van der Waals surface area contributed by atoms with E-state index in [0.717, 1.165) is 22.3 Å². The molecule has 0 aliphatic carbocycles. The SMILES string of the molecule is CCc1cc2c(CC(=O)C(C)(C)C)ncnc2s1. The van der Waals surface area contributed by atoms with Crippen LogP contribution in [0.4, 0.5) is 0 Å². The molecule has 0 bridgehead atoms. The normalized spacial score (nSPS) is 12.0. The number of rotatable bonds is 3. The molecule has 0 fully saturated rings. The molecule has 2 rings (SSSR count). The number of hydrogen-bond donors (Lipinski definition) is 0. The fraction of sp³-hybridized carbons (Fsp3) is 0.500. The Balaban J connectivity index is 2.39. The van der Waals surface area contributed by atoms with E-state index >= 15 is 0 Å². The second kappa shape index (κ2) is 4.76. The van der Waals surface area contributed by atoms with Crippen molar-refractivity contribution in [1.82, 2.24) is 9.97 Å². The van der Waals surface area contributed by atoms with E-state index in [0.29, 0.717) is 6.42 Å². The second-order valence-corrected chi connectivity index (χ2v) is 6.57. The van der Waals surface area contributed by atoms with Gasteiger partial charge in [-0.2, -0.15) is 0 Å². The number of carbonyl (C=O) groups excluding carboxylic acids is 1. The molecule has 2 heterocycles. The number of hydrogen-bond acceptors (Lipinski definition) is 4. The number of Topliss-reactive ketones (excluding diaryl/α,β-unsaturated/α-hetero) is 1. The van der Waals surface area contributed by atoms with E-state index < -0.39 is 0 Å². The van der Waals surface area contributed by atoms with E-state index in [-0.39, 0.29) is 11.2 Å². The predicted molar refractivity (Wildman–Crippen MR) is 75.0 cm³/mol. The van der Waals surface area contributed by atoms with Gasteiger partial charge in [0.1, 0.15) is 16.9 Å². The average molecular weight is 262 g/mol. The molecule has 2 aromatic rings. The Morgan fingerprint density at radius 2 is 2.06 bits per heavy atom. The van der Waals surface area contributed by atoms with Gasteiger partial charge in [0.2, 0.25) is 0 Å². The van der Waals surface area contributed by atoms with Crippen LogP contribution in [0.3, 0.4) is 0 Å². The van der Waals surface area contributed by atoms with Crippen LogP contribution < -0.4 is 0 Å². The molecular weight excluding hydrogens is 244 g/mol. The van der Waals surface area contributed by atoms with Crippen LogP contribution in [0.2, 0.25) is 0 Å². The molecule has 0 aliphatic rings. The van der Waals surface area contributed by atoms with Crippen LogP contribution in [0.5, 0.6) is 0 Å². The van der Waals surface area contributed by atoms with Crippen molar-refractivity contribution in [2.24, 2.45) is 5.41 Å². The molecule has 3 nitrogen and oxygen atoms in total. The van der Waals surface area contributed by atoms with Gasteiger partial charge in [0.05, 0.1) is 12.1 Å². The van der Waals surface area contributed by atoms with Gasteiger partial charge in [0.25, 0.3) is 0 Å². The molecule has 0 aromatic carbocycles. The van der Waals surface area contributed by atoms with Gasteiger partial charge in [-0.05, 0) is 12.5 Å². The highest BCUT2D eigenvalue weighted by atomic mass is 32.1. The Hall–Kier alpha value is -1.29. The monoisotopic (exact) mass is 262 g/mol. The van der Waals surface area contributed by atoms with Crippen molar-refractivity contribution >= 4 is 27.3 Å². The van der Waals surface area contributed by atoms with Crippen molar-refractivity contribution < 1.29 is 4.79 Å². The molecule has 0 unspecified atom stereocenters. The molecule has 0 saturated carbocycles. The summed E-state index contributed by atoms with van der Waals surface area (Å²) in [6.07, 6.45) is 2.94. The van der Waals surface area contributed by atoms with Gasteiger partial charge in [-0.15, -0.1) is 11.3 Å². The fourth-order valence-corrected chi connectivity index (χ4v) is 2.64. The van der Waals surface area contributed by atoms with Crippen LogP contribution >= 0.6 is 11.3 Å². The molecule has 18 heavy (non-hydrogen) atoms. The van der Waals surface area contributed by atoms with Crippen molar-refractivity contribution in [3.8, 4) is 0 Å². The number of ketones is 1. The molecule has 2 aromatic heterocycles. The van der Waals surface area contributed by atoms with Crippen molar-refractivity contribution in [1.29, 1.82) is 0 Å². The van der Waals surface area contributed by atoms with E-state index in [9.17, 15) is 4.79 Å². The van der Waals surface area contributed by atoms with Gasteiger partial charge < -0.3 is 0 Å². The quantitative estimate of drug-likeness (QED) is 0.851. The van der Waals surface area contributed by atoms with Crippen molar-refractivity contribution in [2.75, 3.05) is 0 Å².